The van der Waals surface area contributed by atoms with Crippen LogP contribution in [0, 0.1) is 11.8 Å². The minimum absolute atomic E-state index is 0.354. The first-order valence-electron chi connectivity index (χ1n) is 7.15. The lowest BCUT2D eigenvalue weighted by atomic mass is 10.0. The van der Waals surface area contributed by atoms with E-state index in [0.29, 0.717) is 18.2 Å². The molecule has 2 atom stereocenters. The maximum absolute atomic E-state index is 12.0. The van der Waals surface area contributed by atoms with Gasteiger partial charge in [0.05, 0.1) is 0 Å². The first-order valence-corrected chi connectivity index (χ1v) is 7.15. The van der Waals surface area contributed by atoms with Gasteiger partial charge in [0.25, 0.3) is 0 Å². The number of carbonyl (C=O) groups excluding carboxylic acids is 1. The summed E-state index contributed by atoms with van der Waals surface area (Å²) in [5, 5.41) is 0. The van der Waals surface area contributed by atoms with Crippen molar-refractivity contribution in [2.45, 2.75) is 52.4 Å². The summed E-state index contributed by atoms with van der Waals surface area (Å²) in [4.78, 5) is 14.1. The highest BCUT2D eigenvalue weighted by Gasteiger charge is 2.25. The average molecular weight is 240 g/mol. The number of amides is 1. The van der Waals surface area contributed by atoms with E-state index in [1.54, 1.807) is 0 Å². The Morgan fingerprint density at radius 2 is 2.24 bits per heavy atom. The van der Waals surface area contributed by atoms with Crippen LogP contribution in [0.5, 0.6) is 0 Å². The third-order valence-electron chi connectivity index (χ3n) is 3.85. The van der Waals surface area contributed by atoms with E-state index in [2.05, 4.69) is 18.7 Å². The molecule has 0 aromatic rings. The van der Waals surface area contributed by atoms with Gasteiger partial charge in [-0.15, -0.1) is 0 Å². The number of rotatable bonds is 7. The molecule has 3 nitrogen and oxygen atoms in total. The second kappa shape index (κ2) is 7.70. The van der Waals surface area contributed by atoms with Crippen molar-refractivity contribution in [1.82, 2.24) is 4.90 Å². The lowest BCUT2D eigenvalue weighted by molar-refractivity contribution is -0.130. The van der Waals surface area contributed by atoms with Gasteiger partial charge >= 0.3 is 0 Å². The fourth-order valence-corrected chi connectivity index (χ4v) is 2.66. The maximum atomic E-state index is 12.0. The molecule has 100 valence electrons. The van der Waals surface area contributed by atoms with Crippen molar-refractivity contribution in [3.05, 3.63) is 0 Å². The number of hydrogen-bond donors (Lipinski definition) is 1. The number of carbonyl (C=O) groups is 1. The van der Waals surface area contributed by atoms with Crippen LogP contribution in [0.4, 0.5) is 0 Å². The fraction of sp³-hybridized carbons (Fsp3) is 0.929. The van der Waals surface area contributed by atoms with E-state index in [0.717, 1.165) is 38.4 Å². The van der Waals surface area contributed by atoms with Gasteiger partial charge in [-0.3, -0.25) is 4.79 Å². The van der Waals surface area contributed by atoms with E-state index in [1.165, 1.54) is 19.3 Å². The molecule has 0 aromatic carbocycles. The molecule has 2 N–H and O–H groups in total. The van der Waals surface area contributed by atoms with Crippen LogP contribution in [0.25, 0.3) is 0 Å². The van der Waals surface area contributed by atoms with E-state index >= 15 is 0 Å². The minimum Gasteiger partial charge on any atom is -0.342 e. The van der Waals surface area contributed by atoms with Gasteiger partial charge in [-0.1, -0.05) is 20.3 Å². The summed E-state index contributed by atoms with van der Waals surface area (Å²) in [5.41, 5.74) is 5.51. The SMILES string of the molecule is CCCC1CCN(C(=O)CCC(C)CCN)C1. The zero-order chi connectivity index (χ0) is 12.7. The van der Waals surface area contributed by atoms with Crippen LogP contribution < -0.4 is 5.73 Å². The van der Waals surface area contributed by atoms with E-state index in [9.17, 15) is 4.79 Å². The topological polar surface area (TPSA) is 46.3 Å². The monoisotopic (exact) mass is 240 g/mol. The van der Waals surface area contributed by atoms with Crippen LogP contribution in [-0.4, -0.2) is 30.4 Å². The lowest BCUT2D eigenvalue weighted by Gasteiger charge is -2.17. The Balaban J connectivity index is 2.20. The van der Waals surface area contributed by atoms with Gasteiger partial charge in [0.1, 0.15) is 0 Å². The third-order valence-corrected chi connectivity index (χ3v) is 3.85. The molecule has 0 radical (unpaired) electrons. The smallest absolute Gasteiger partial charge is 0.222 e. The van der Waals surface area contributed by atoms with Gasteiger partial charge in [-0.25, -0.2) is 0 Å². The predicted octanol–water partition coefficient (Wildman–Crippen LogP) is 2.40. The Morgan fingerprint density at radius 3 is 2.88 bits per heavy atom. The van der Waals surface area contributed by atoms with Crippen LogP contribution in [0.2, 0.25) is 0 Å². The number of nitrogens with zero attached hydrogens (tertiary/aromatic N) is 1. The van der Waals surface area contributed by atoms with Crippen LogP contribution in [-0.2, 0) is 4.79 Å². The van der Waals surface area contributed by atoms with Crippen LogP contribution in [0.1, 0.15) is 52.4 Å². The zero-order valence-electron chi connectivity index (χ0n) is 11.5. The van der Waals surface area contributed by atoms with Crippen molar-refractivity contribution < 1.29 is 4.79 Å². The Labute approximate surface area is 106 Å². The van der Waals surface area contributed by atoms with Crippen molar-refractivity contribution in [2.75, 3.05) is 19.6 Å². The van der Waals surface area contributed by atoms with Crippen LogP contribution >= 0.6 is 0 Å². The number of hydrogen-bond acceptors (Lipinski definition) is 2. The molecule has 1 fully saturated rings. The standard InChI is InChI=1S/C14H28N2O/c1-3-4-13-8-10-16(11-13)14(17)6-5-12(2)7-9-15/h12-13H,3-11,15H2,1-2H3. The molecule has 0 aliphatic carbocycles. The molecule has 0 spiro atoms. The van der Waals surface area contributed by atoms with Gasteiger partial charge in [0.15, 0.2) is 0 Å². The normalized spacial score (nSPS) is 21.8. The molecule has 17 heavy (non-hydrogen) atoms. The quantitative estimate of drug-likeness (QED) is 0.742. The second-order valence-electron chi connectivity index (χ2n) is 5.50. The minimum atomic E-state index is 0.354. The molecule has 3 heteroatoms. The molecule has 1 heterocycles. The summed E-state index contributed by atoms with van der Waals surface area (Å²) in [6.07, 6.45) is 6.45. The highest BCUT2D eigenvalue weighted by atomic mass is 16.2. The summed E-state index contributed by atoms with van der Waals surface area (Å²) >= 11 is 0. The molecule has 1 amide bonds. The van der Waals surface area contributed by atoms with Crippen molar-refractivity contribution in [3.8, 4) is 0 Å². The Morgan fingerprint density at radius 1 is 1.47 bits per heavy atom. The van der Waals surface area contributed by atoms with Crippen molar-refractivity contribution in [2.24, 2.45) is 17.6 Å². The van der Waals surface area contributed by atoms with E-state index in [4.69, 9.17) is 5.73 Å². The Kier molecular flexibility index (Phi) is 6.56. The zero-order valence-corrected chi connectivity index (χ0v) is 11.5. The van der Waals surface area contributed by atoms with Gasteiger partial charge in [-0.2, -0.15) is 0 Å². The molecule has 1 aliphatic heterocycles. The summed E-state index contributed by atoms with van der Waals surface area (Å²) in [6, 6.07) is 0. The molecule has 1 rings (SSSR count). The summed E-state index contributed by atoms with van der Waals surface area (Å²) in [7, 11) is 0. The molecule has 0 aromatic heterocycles. The summed E-state index contributed by atoms with van der Waals surface area (Å²) < 4.78 is 0. The maximum Gasteiger partial charge on any atom is 0.222 e. The Bertz CT molecular complexity index is 230. The second-order valence-corrected chi connectivity index (χ2v) is 5.50. The van der Waals surface area contributed by atoms with Crippen LogP contribution in [0.15, 0.2) is 0 Å². The lowest BCUT2D eigenvalue weighted by Crippen LogP contribution is -2.28. The summed E-state index contributed by atoms with van der Waals surface area (Å²) in [5.74, 6) is 1.69. The van der Waals surface area contributed by atoms with Crippen molar-refractivity contribution >= 4 is 5.91 Å². The van der Waals surface area contributed by atoms with Gasteiger partial charge in [0.2, 0.25) is 5.91 Å². The molecular weight excluding hydrogens is 212 g/mol. The number of likely N-dealkylation sites (tertiary alicyclic amines) is 1. The van der Waals surface area contributed by atoms with Gasteiger partial charge in [-0.05, 0) is 44.1 Å². The molecular formula is C14H28N2O. The highest BCUT2D eigenvalue weighted by Crippen LogP contribution is 2.22. The van der Waals surface area contributed by atoms with Crippen molar-refractivity contribution in [1.29, 1.82) is 0 Å². The molecule has 0 saturated carbocycles. The fourth-order valence-electron chi connectivity index (χ4n) is 2.66. The largest absolute Gasteiger partial charge is 0.342 e. The van der Waals surface area contributed by atoms with Gasteiger partial charge in [0, 0.05) is 19.5 Å². The Hall–Kier alpha value is -0.570. The predicted molar refractivity (Wildman–Crippen MR) is 71.7 cm³/mol. The summed E-state index contributed by atoms with van der Waals surface area (Å²) in [6.45, 7) is 7.12. The van der Waals surface area contributed by atoms with Gasteiger partial charge < -0.3 is 10.6 Å². The van der Waals surface area contributed by atoms with E-state index in [-0.39, 0.29) is 0 Å². The first kappa shape index (κ1) is 14.5. The molecule has 1 saturated heterocycles. The van der Waals surface area contributed by atoms with E-state index in [1.807, 2.05) is 0 Å². The van der Waals surface area contributed by atoms with Crippen LogP contribution in [0.3, 0.4) is 0 Å². The molecule has 0 bridgehead atoms. The average Bonchev–Trinajstić information content (AvgIpc) is 2.75. The third kappa shape index (κ3) is 5.07. The molecule has 2 unspecified atom stereocenters. The first-order chi connectivity index (χ1) is 8.17. The van der Waals surface area contributed by atoms with E-state index < -0.39 is 0 Å². The van der Waals surface area contributed by atoms with Crippen molar-refractivity contribution in [3.63, 3.8) is 0 Å². The number of nitrogens with two attached hydrogens (primary N) is 1. The molecule has 1 aliphatic rings. The highest BCUT2D eigenvalue weighted by molar-refractivity contribution is 5.76.